The molecule has 0 saturated carbocycles. The van der Waals surface area contributed by atoms with Crippen LogP contribution < -0.4 is 10.9 Å². The third-order valence-corrected chi connectivity index (χ3v) is 4.19. The first-order valence-corrected chi connectivity index (χ1v) is 7.70. The van der Waals surface area contributed by atoms with Crippen LogP contribution in [0.4, 0.5) is 18.9 Å². The molecule has 0 aliphatic heterocycles. The number of nitrogens with one attached hydrogen (secondary N) is 1. The van der Waals surface area contributed by atoms with Crippen LogP contribution in [-0.4, -0.2) is 0 Å². The lowest BCUT2D eigenvalue weighted by Crippen LogP contribution is -2.08. The number of benzene rings is 2. The van der Waals surface area contributed by atoms with Crippen LogP contribution in [0, 0.1) is 13.8 Å². The lowest BCUT2D eigenvalue weighted by Gasteiger charge is -2.12. The second kappa shape index (κ2) is 6.27. The maximum atomic E-state index is 12.8. The van der Waals surface area contributed by atoms with Crippen molar-refractivity contribution < 1.29 is 17.6 Å². The summed E-state index contributed by atoms with van der Waals surface area (Å²) < 4.78 is 43.7. The standard InChI is InChI=1S/C19H16F3NO2/c1-11-6-7-16-13(8-17(24)25-18(16)12(11)2)10-23-15-5-3-4-14(9-15)19(20,21)22/h3-9,23H,10H2,1-2H3. The predicted octanol–water partition coefficient (Wildman–Crippen LogP) is 5.04. The Bertz CT molecular complexity index is 990. The van der Waals surface area contributed by atoms with Crippen LogP contribution in [-0.2, 0) is 12.7 Å². The van der Waals surface area contributed by atoms with E-state index in [4.69, 9.17) is 4.42 Å². The van der Waals surface area contributed by atoms with Gasteiger partial charge in [-0.2, -0.15) is 13.2 Å². The Morgan fingerprint density at radius 2 is 1.84 bits per heavy atom. The molecule has 0 saturated heterocycles. The van der Waals surface area contributed by atoms with E-state index in [1.165, 1.54) is 12.1 Å². The highest BCUT2D eigenvalue weighted by Gasteiger charge is 2.30. The van der Waals surface area contributed by atoms with Crippen molar-refractivity contribution in [3.8, 4) is 0 Å². The number of hydrogen-bond acceptors (Lipinski definition) is 3. The molecule has 2 aromatic carbocycles. The summed E-state index contributed by atoms with van der Waals surface area (Å²) in [4.78, 5) is 11.8. The Morgan fingerprint density at radius 1 is 1.08 bits per heavy atom. The van der Waals surface area contributed by atoms with Gasteiger partial charge >= 0.3 is 11.8 Å². The molecule has 0 unspecified atom stereocenters. The van der Waals surface area contributed by atoms with Crippen LogP contribution in [0.3, 0.4) is 0 Å². The van der Waals surface area contributed by atoms with Gasteiger partial charge in [0.1, 0.15) is 5.58 Å². The van der Waals surface area contributed by atoms with E-state index < -0.39 is 17.4 Å². The van der Waals surface area contributed by atoms with Gasteiger partial charge in [-0.05, 0) is 48.7 Å². The average Bonchev–Trinajstić information content (AvgIpc) is 2.56. The molecular formula is C19H16F3NO2. The molecule has 1 heterocycles. The van der Waals surface area contributed by atoms with Gasteiger partial charge < -0.3 is 9.73 Å². The highest BCUT2D eigenvalue weighted by molar-refractivity contribution is 5.84. The quantitative estimate of drug-likeness (QED) is 0.675. The van der Waals surface area contributed by atoms with Crippen molar-refractivity contribution >= 4 is 16.7 Å². The van der Waals surface area contributed by atoms with E-state index in [2.05, 4.69) is 5.32 Å². The third kappa shape index (κ3) is 3.52. The van der Waals surface area contributed by atoms with E-state index in [1.54, 1.807) is 6.07 Å². The molecule has 0 bridgehead atoms. The molecule has 0 fully saturated rings. The minimum absolute atomic E-state index is 0.214. The zero-order valence-corrected chi connectivity index (χ0v) is 13.7. The number of aryl methyl sites for hydroxylation is 2. The number of rotatable bonds is 3. The van der Waals surface area contributed by atoms with Crippen molar-refractivity contribution in [2.75, 3.05) is 5.32 Å². The van der Waals surface area contributed by atoms with Gasteiger partial charge in [-0.3, -0.25) is 0 Å². The molecule has 0 aliphatic rings. The fraction of sp³-hybridized carbons (Fsp3) is 0.211. The lowest BCUT2D eigenvalue weighted by atomic mass is 10.0. The highest BCUT2D eigenvalue weighted by Crippen LogP contribution is 2.31. The Labute approximate surface area is 142 Å². The topological polar surface area (TPSA) is 42.2 Å². The Morgan fingerprint density at radius 3 is 2.56 bits per heavy atom. The van der Waals surface area contributed by atoms with E-state index >= 15 is 0 Å². The molecule has 0 spiro atoms. The second-order valence-electron chi connectivity index (χ2n) is 5.91. The monoisotopic (exact) mass is 347 g/mol. The van der Waals surface area contributed by atoms with Crippen molar-refractivity contribution in [1.82, 2.24) is 0 Å². The Kier molecular flexibility index (Phi) is 4.29. The predicted molar refractivity (Wildman–Crippen MR) is 90.7 cm³/mol. The molecule has 1 aromatic heterocycles. The van der Waals surface area contributed by atoms with Gasteiger partial charge in [0.25, 0.3) is 0 Å². The number of alkyl halides is 3. The summed E-state index contributed by atoms with van der Waals surface area (Å²) in [6, 6.07) is 10.1. The van der Waals surface area contributed by atoms with E-state index in [1.807, 2.05) is 26.0 Å². The molecule has 0 atom stereocenters. The molecule has 0 radical (unpaired) electrons. The van der Waals surface area contributed by atoms with Gasteiger partial charge in [-0.15, -0.1) is 0 Å². The fourth-order valence-corrected chi connectivity index (χ4v) is 2.67. The maximum Gasteiger partial charge on any atom is 0.416 e. The van der Waals surface area contributed by atoms with Crippen molar-refractivity contribution in [1.29, 1.82) is 0 Å². The number of anilines is 1. The van der Waals surface area contributed by atoms with Crippen molar-refractivity contribution in [3.05, 3.63) is 75.1 Å². The first kappa shape index (κ1) is 17.1. The zero-order chi connectivity index (χ0) is 18.2. The van der Waals surface area contributed by atoms with Crippen LogP contribution in [0.5, 0.6) is 0 Å². The normalized spacial score (nSPS) is 11.7. The first-order valence-electron chi connectivity index (χ1n) is 7.70. The summed E-state index contributed by atoms with van der Waals surface area (Å²) in [6.07, 6.45) is -4.40. The van der Waals surface area contributed by atoms with Crippen molar-refractivity contribution in [2.45, 2.75) is 26.6 Å². The van der Waals surface area contributed by atoms with Gasteiger partial charge in [0, 0.05) is 23.7 Å². The molecule has 0 aliphatic carbocycles. The summed E-state index contributed by atoms with van der Waals surface area (Å²) in [5.41, 5.74) is 2.18. The van der Waals surface area contributed by atoms with Gasteiger partial charge in [-0.25, -0.2) is 4.79 Å². The van der Waals surface area contributed by atoms with E-state index in [0.29, 0.717) is 16.8 Å². The Hall–Kier alpha value is -2.76. The molecule has 130 valence electrons. The van der Waals surface area contributed by atoms with Gasteiger partial charge in [0.05, 0.1) is 5.56 Å². The number of hydrogen-bond donors (Lipinski definition) is 1. The van der Waals surface area contributed by atoms with Gasteiger partial charge in [-0.1, -0.05) is 18.2 Å². The molecular weight excluding hydrogens is 331 g/mol. The van der Waals surface area contributed by atoms with Crippen molar-refractivity contribution in [2.24, 2.45) is 0 Å². The summed E-state index contributed by atoms with van der Waals surface area (Å²) in [5.74, 6) is 0. The molecule has 1 N–H and O–H groups in total. The van der Waals surface area contributed by atoms with E-state index in [0.717, 1.165) is 28.6 Å². The molecule has 3 rings (SSSR count). The van der Waals surface area contributed by atoms with Crippen LogP contribution in [0.2, 0.25) is 0 Å². The summed E-state index contributed by atoms with van der Waals surface area (Å²) in [6.45, 7) is 4.00. The maximum absolute atomic E-state index is 12.8. The molecule has 0 amide bonds. The molecule has 3 aromatic rings. The number of halogens is 3. The summed E-state index contributed by atoms with van der Waals surface area (Å²) in [5, 5.41) is 3.71. The van der Waals surface area contributed by atoms with E-state index in [-0.39, 0.29) is 6.54 Å². The van der Waals surface area contributed by atoms with Gasteiger partial charge in [0.2, 0.25) is 0 Å². The van der Waals surface area contributed by atoms with E-state index in [9.17, 15) is 18.0 Å². The van der Waals surface area contributed by atoms with Crippen LogP contribution in [0.15, 0.2) is 51.7 Å². The summed E-state index contributed by atoms with van der Waals surface area (Å²) in [7, 11) is 0. The minimum Gasteiger partial charge on any atom is -0.422 e. The Balaban J connectivity index is 1.94. The average molecular weight is 347 g/mol. The highest BCUT2D eigenvalue weighted by atomic mass is 19.4. The number of fused-ring (bicyclic) bond motifs is 1. The molecule has 25 heavy (non-hydrogen) atoms. The zero-order valence-electron chi connectivity index (χ0n) is 13.7. The van der Waals surface area contributed by atoms with Crippen LogP contribution in [0.25, 0.3) is 11.0 Å². The molecule has 6 heteroatoms. The third-order valence-electron chi connectivity index (χ3n) is 4.19. The smallest absolute Gasteiger partial charge is 0.416 e. The second-order valence-corrected chi connectivity index (χ2v) is 5.91. The lowest BCUT2D eigenvalue weighted by molar-refractivity contribution is -0.137. The van der Waals surface area contributed by atoms with Crippen LogP contribution in [0.1, 0.15) is 22.3 Å². The fourth-order valence-electron chi connectivity index (χ4n) is 2.67. The van der Waals surface area contributed by atoms with Gasteiger partial charge in [0.15, 0.2) is 0 Å². The summed E-state index contributed by atoms with van der Waals surface area (Å²) >= 11 is 0. The van der Waals surface area contributed by atoms with Crippen LogP contribution >= 0.6 is 0 Å². The largest absolute Gasteiger partial charge is 0.422 e. The molecule has 3 nitrogen and oxygen atoms in total. The SMILES string of the molecule is Cc1ccc2c(CNc3cccc(C(F)(F)F)c3)cc(=O)oc2c1C. The minimum atomic E-state index is -4.40. The van der Waals surface area contributed by atoms with Crippen molar-refractivity contribution in [3.63, 3.8) is 0 Å². The first-order chi connectivity index (χ1) is 11.8.